The topological polar surface area (TPSA) is 164 Å². The van der Waals surface area contributed by atoms with Crippen LogP contribution in [-0.2, 0) is 19.1 Å². The first-order valence-electron chi connectivity index (χ1n) is 15.3. The molecule has 2 amide bonds. The Morgan fingerprint density at radius 2 is 1.83 bits per heavy atom. The number of carbonyl (C=O) groups excluding carboxylic acids is 4. The molecule has 0 spiro atoms. The Labute approximate surface area is 267 Å². The maximum absolute atomic E-state index is 13.5. The van der Waals surface area contributed by atoms with Gasteiger partial charge >= 0.3 is 5.97 Å². The number of ether oxygens (including phenoxy) is 2. The molecule has 1 aliphatic rings. The molecule has 4 rings (SSSR count). The molecule has 2 heterocycles. The number of nitrogens with one attached hydrogen (secondary N) is 2. The van der Waals surface area contributed by atoms with Crippen LogP contribution < -0.4 is 15.4 Å². The molecule has 2 atom stereocenters. The number of ketones is 1. The van der Waals surface area contributed by atoms with Crippen molar-refractivity contribution in [2.75, 3.05) is 19.0 Å². The number of aromatic hydroxyl groups is 2. The Balaban J connectivity index is 1.68. The summed E-state index contributed by atoms with van der Waals surface area (Å²) in [5.41, 5.74) is 0.602. The largest absolute Gasteiger partial charge is 0.507 e. The van der Waals surface area contributed by atoms with Gasteiger partial charge in [-0.15, -0.1) is 0 Å². The van der Waals surface area contributed by atoms with E-state index in [-0.39, 0.29) is 41.2 Å². The number of rotatable bonds is 8. The number of nitrogens with zero attached hydrogens (tertiary/aromatic N) is 1. The van der Waals surface area contributed by atoms with Gasteiger partial charge in [-0.1, -0.05) is 30.4 Å². The lowest BCUT2D eigenvalue weighted by Gasteiger charge is -2.23. The Morgan fingerprint density at radius 3 is 2.54 bits per heavy atom. The molecule has 0 fully saturated rings. The van der Waals surface area contributed by atoms with Crippen molar-refractivity contribution in [3.05, 3.63) is 83.1 Å². The highest BCUT2D eigenvalue weighted by molar-refractivity contribution is 5.98. The van der Waals surface area contributed by atoms with Gasteiger partial charge in [0.05, 0.1) is 19.8 Å². The summed E-state index contributed by atoms with van der Waals surface area (Å²) >= 11 is 0. The van der Waals surface area contributed by atoms with Gasteiger partial charge in [0.15, 0.2) is 0 Å². The summed E-state index contributed by atoms with van der Waals surface area (Å²) in [7, 11) is 1.51. The Hall–Kier alpha value is -5.19. The second kappa shape index (κ2) is 16.2. The van der Waals surface area contributed by atoms with Gasteiger partial charge in [0.25, 0.3) is 0 Å². The summed E-state index contributed by atoms with van der Waals surface area (Å²) in [4.78, 5) is 55.3. The highest BCUT2D eigenvalue weighted by Gasteiger charge is 2.31. The molecule has 1 aromatic heterocycles. The SMILES string of the molecule is COc1ccc(C(CC(=O)NCC(=O)Nc2ccccn2)c2c(O)cc3c(c2O)C(=O)O[C@@H](C)CCCC(=O)CCCC=C3)cc1. The first kappa shape index (κ1) is 33.7. The van der Waals surface area contributed by atoms with Crippen molar-refractivity contribution in [3.63, 3.8) is 0 Å². The number of hydrogen-bond donors (Lipinski definition) is 4. The summed E-state index contributed by atoms with van der Waals surface area (Å²) in [5, 5.41) is 28.1. The quantitative estimate of drug-likeness (QED) is 0.243. The van der Waals surface area contributed by atoms with Crippen molar-refractivity contribution in [1.82, 2.24) is 10.3 Å². The molecule has 46 heavy (non-hydrogen) atoms. The lowest BCUT2D eigenvalue weighted by atomic mass is 9.84. The molecule has 4 N–H and O–H groups in total. The molecule has 242 valence electrons. The molecule has 3 aromatic rings. The van der Waals surface area contributed by atoms with Crippen molar-refractivity contribution < 1.29 is 38.9 Å². The minimum atomic E-state index is -0.927. The fourth-order valence-electron chi connectivity index (χ4n) is 5.30. The summed E-state index contributed by atoms with van der Waals surface area (Å²) in [6, 6.07) is 13.1. The van der Waals surface area contributed by atoms with Crippen LogP contribution in [0.25, 0.3) is 6.08 Å². The normalized spacial score (nSPS) is 16.3. The third kappa shape index (κ3) is 9.16. The Kier molecular flexibility index (Phi) is 11.9. The number of methoxy groups -OCH3 is 1. The van der Waals surface area contributed by atoms with Crippen molar-refractivity contribution in [3.8, 4) is 17.2 Å². The third-order valence-corrected chi connectivity index (χ3v) is 7.69. The minimum Gasteiger partial charge on any atom is -0.507 e. The highest BCUT2D eigenvalue weighted by Crippen LogP contribution is 2.44. The molecule has 11 heteroatoms. The fourth-order valence-corrected chi connectivity index (χ4v) is 5.30. The van der Waals surface area contributed by atoms with Gasteiger partial charge in [0.2, 0.25) is 11.8 Å². The van der Waals surface area contributed by atoms with Gasteiger partial charge in [0.1, 0.15) is 34.4 Å². The lowest BCUT2D eigenvalue weighted by Crippen LogP contribution is -2.33. The van der Waals surface area contributed by atoms with E-state index in [4.69, 9.17) is 9.47 Å². The highest BCUT2D eigenvalue weighted by atomic mass is 16.5. The maximum atomic E-state index is 13.5. The van der Waals surface area contributed by atoms with Crippen LogP contribution in [0.2, 0.25) is 0 Å². The molecule has 2 aromatic carbocycles. The van der Waals surface area contributed by atoms with Crippen molar-refractivity contribution in [2.24, 2.45) is 0 Å². The first-order valence-corrected chi connectivity index (χ1v) is 15.3. The minimum absolute atomic E-state index is 0.0401. The van der Waals surface area contributed by atoms with E-state index in [1.54, 1.807) is 61.5 Å². The number of benzene rings is 2. The summed E-state index contributed by atoms with van der Waals surface area (Å²) < 4.78 is 10.9. The number of carbonyl (C=O) groups is 4. The average molecular weight is 630 g/mol. The maximum Gasteiger partial charge on any atom is 0.342 e. The number of hydrogen-bond acceptors (Lipinski definition) is 9. The smallest absolute Gasteiger partial charge is 0.342 e. The molecule has 1 unspecified atom stereocenters. The van der Waals surface area contributed by atoms with Crippen LogP contribution in [-0.4, -0.2) is 58.5 Å². The van der Waals surface area contributed by atoms with E-state index in [1.807, 2.05) is 0 Å². The van der Waals surface area contributed by atoms with Crippen molar-refractivity contribution >= 4 is 35.5 Å². The zero-order valence-electron chi connectivity index (χ0n) is 26.0. The number of phenols is 2. The van der Waals surface area contributed by atoms with E-state index in [2.05, 4.69) is 15.6 Å². The summed E-state index contributed by atoms with van der Waals surface area (Å²) in [6.45, 7) is 1.38. The van der Waals surface area contributed by atoms with Gasteiger partial charge in [0, 0.05) is 36.9 Å². The molecule has 1 aliphatic heterocycles. The van der Waals surface area contributed by atoms with Crippen LogP contribution in [0, 0.1) is 0 Å². The van der Waals surface area contributed by atoms with Gasteiger partial charge in [-0.3, -0.25) is 14.4 Å². The van der Waals surface area contributed by atoms with E-state index in [9.17, 15) is 29.4 Å². The molecule has 0 bridgehead atoms. The van der Waals surface area contributed by atoms with E-state index < -0.39 is 35.6 Å². The van der Waals surface area contributed by atoms with E-state index >= 15 is 0 Å². The molecular formula is C35H39N3O8. The third-order valence-electron chi connectivity index (χ3n) is 7.69. The van der Waals surface area contributed by atoms with Crippen molar-refractivity contribution in [1.29, 1.82) is 0 Å². The molecule has 0 aliphatic carbocycles. The zero-order chi connectivity index (χ0) is 33.1. The Morgan fingerprint density at radius 1 is 1.07 bits per heavy atom. The van der Waals surface area contributed by atoms with Gasteiger partial charge in [-0.05, 0) is 74.1 Å². The number of fused-ring (bicyclic) bond motifs is 1. The molecule has 11 nitrogen and oxygen atoms in total. The summed E-state index contributed by atoms with van der Waals surface area (Å²) in [6.07, 6.45) is 7.17. The molecule has 0 saturated heterocycles. The number of amides is 2. The number of aromatic nitrogens is 1. The van der Waals surface area contributed by atoms with E-state index in [0.29, 0.717) is 55.7 Å². The van der Waals surface area contributed by atoms with Crippen LogP contribution in [0.1, 0.15) is 84.8 Å². The van der Waals surface area contributed by atoms with Crippen LogP contribution in [0.15, 0.2) is 60.8 Å². The number of allylic oxidation sites excluding steroid dienone is 1. The number of cyclic esters (lactones) is 1. The first-order chi connectivity index (χ1) is 22.2. The van der Waals surface area contributed by atoms with Gasteiger partial charge in [-0.25, -0.2) is 9.78 Å². The summed E-state index contributed by atoms with van der Waals surface area (Å²) in [5.74, 6) is -2.55. The predicted octanol–water partition coefficient (Wildman–Crippen LogP) is 5.26. The molecular weight excluding hydrogens is 590 g/mol. The van der Waals surface area contributed by atoms with Crippen LogP contribution in [0.3, 0.4) is 0 Å². The number of pyridine rings is 1. The second-order valence-electron chi connectivity index (χ2n) is 11.1. The Bertz CT molecular complexity index is 1570. The monoisotopic (exact) mass is 629 g/mol. The van der Waals surface area contributed by atoms with Crippen LogP contribution >= 0.6 is 0 Å². The average Bonchev–Trinajstić information content (AvgIpc) is 3.03. The number of phenolic OH excluding ortho intramolecular Hbond substituents is 2. The number of esters is 1. The van der Waals surface area contributed by atoms with Gasteiger partial charge < -0.3 is 30.3 Å². The fraction of sp³-hybridized carbons (Fsp3) is 0.343. The van der Waals surface area contributed by atoms with E-state index in [1.165, 1.54) is 19.4 Å². The second-order valence-corrected chi connectivity index (χ2v) is 11.1. The predicted molar refractivity (Wildman–Crippen MR) is 172 cm³/mol. The number of Topliss-reactive ketones (excluding diaryl/α,β-unsaturated/α-hetero) is 1. The lowest BCUT2D eigenvalue weighted by molar-refractivity contribution is -0.124. The van der Waals surface area contributed by atoms with Crippen LogP contribution in [0.5, 0.6) is 17.2 Å². The standard InChI is InChI=1S/C35H39N3O8/c1-22-9-8-12-25(39)11-5-3-4-10-24-19-28(40)33(34(43)32(24)35(44)46-22)27(23-14-16-26(45-2)17-15-23)20-30(41)37-21-31(42)38-29-13-6-7-18-36-29/h4,6-7,10,13-19,22,27,40,43H,3,5,8-9,11-12,20-21H2,1-2H3,(H,37,41)(H,36,38,42)/t22-,27?/m0/s1. The molecule has 0 saturated carbocycles. The van der Waals surface area contributed by atoms with E-state index in [0.717, 1.165) is 0 Å². The zero-order valence-corrected chi connectivity index (χ0v) is 26.0. The van der Waals surface area contributed by atoms with Crippen molar-refractivity contribution in [2.45, 2.75) is 63.9 Å². The number of anilines is 1. The van der Waals surface area contributed by atoms with Gasteiger partial charge in [-0.2, -0.15) is 0 Å². The van der Waals surface area contributed by atoms with Crippen LogP contribution in [0.4, 0.5) is 5.82 Å². The molecule has 0 radical (unpaired) electrons.